The van der Waals surface area contributed by atoms with E-state index in [1.165, 1.54) is 5.57 Å². The fraction of sp³-hybridized carbons (Fsp3) is 0.474. The number of rotatable bonds is 6. The van der Waals surface area contributed by atoms with E-state index in [-0.39, 0.29) is 5.91 Å². The van der Waals surface area contributed by atoms with Crippen molar-refractivity contribution in [3.05, 3.63) is 47.5 Å². The summed E-state index contributed by atoms with van der Waals surface area (Å²) < 4.78 is 0. The molecule has 0 spiro atoms. The predicted octanol–water partition coefficient (Wildman–Crippen LogP) is 2.44. The Balaban J connectivity index is 1.69. The molecule has 2 heterocycles. The van der Waals surface area contributed by atoms with Gasteiger partial charge in [0.05, 0.1) is 6.54 Å². The number of likely N-dealkylation sites (tertiary alicyclic amines) is 1. The summed E-state index contributed by atoms with van der Waals surface area (Å²) in [5.74, 6) is 0.218. The Morgan fingerprint density at radius 2 is 2.08 bits per heavy atom. The van der Waals surface area contributed by atoms with Crippen molar-refractivity contribution in [2.24, 2.45) is 5.16 Å². The first kappa shape index (κ1) is 16.7. The second kappa shape index (κ2) is 8.11. The van der Waals surface area contributed by atoms with Crippen molar-refractivity contribution >= 4 is 11.6 Å². The molecule has 5 heteroatoms. The minimum atomic E-state index is 0.218. The van der Waals surface area contributed by atoms with Crippen LogP contribution in [0.5, 0.6) is 0 Å². The van der Waals surface area contributed by atoms with E-state index >= 15 is 0 Å². The molecule has 0 aromatic heterocycles. The van der Waals surface area contributed by atoms with Gasteiger partial charge in [-0.15, -0.1) is 0 Å². The first-order valence-electron chi connectivity index (χ1n) is 8.61. The summed E-state index contributed by atoms with van der Waals surface area (Å²) in [6, 6.07) is 10.0. The first-order chi connectivity index (χ1) is 11.7. The average Bonchev–Trinajstić information content (AvgIpc) is 3.00. The van der Waals surface area contributed by atoms with Crippen molar-refractivity contribution in [3.8, 4) is 0 Å². The van der Waals surface area contributed by atoms with Gasteiger partial charge in [-0.1, -0.05) is 41.6 Å². The van der Waals surface area contributed by atoms with Crippen LogP contribution in [0.1, 0.15) is 24.8 Å². The highest BCUT2D eigenvalue weighted by Crippen LogP contribution is 2.15. The van der Waals surface area contributed by atoms with E-state index in [0.29, 0.717) is 19.6 Å². The molecule has 1 aromatic rings. The fourth-order valence-corrected chi connectivity index (χ4v) is 3.10. The van der Waals surface area contributed by atoms with Gasteiger partial charge in [-0.2, -0.15) is 0 Å². The van der Waals surface area contributed by atoms with Gasteiger partial charge in [0.1, 0.15) is 12.3 Å². The van der Waals surface area contributed by atoms with Gasteiger partial charge in [0, 0.05) is 26.1 Å². The summed E-state index contributed by atoms with van der Waals surface area (Å²) in [6.07, 6.45) is 4.83. The van der Waals surface area contributed by atoms with Gasteiger partial charge >= 0.3 is 0 Å². The number of likely N-dealkylation sites (N-methyl/N-ethyl adjacent to an activating group) is 1. The van der Waals surface area contributed by atoms with Gasteiger partial charge in [-0.05, 0) is 31.0 Å². The number of benzene rings is 1. The number of carbonyl (C=O) groups excluding carboxylic acids is 1. The van der Waals surface area contributed by atoms with Crippen molar-refractivity contribution in [1.82, 2.24) is 9.80 Å². The van der Waals surface area contributed by atoms with Gasteiger partial charge < -0.3 is 14.6 Å². The van der Waals surface area contributed by atoms with Crippen LogP contribution < -0.4 is 0 Å². The van der Waals surface area contributed by atoms with Crippen LogP contribution in [-0.2, 0) is 16.2 Å². The molecule has 0 N–H and O–H groups in total. The average molecular weight is 327 g/mol. The van der Waals surface area contributed by atoms with E-state index in [0.717, 1.165) is 43.8 Å². The minimum absolute atomic E-state index is 0.218. The third-order valence-electron chi connectivity index (χ3n) is 4.47. The quantitative estimate of drug-likeness (QED) is 0.595. The highest BCUT2D eigenvalue weighted by molar-refractivity contribution is 6.03. The van der Waals surface area contributed by atoms with Crippen molar-refractivity contribution < 1.29 is 9.63 Å². The molecule has 0 radical (unpaired) electrons. The summed E-state index contributed by atoms with van der Waals surface area (Å²) in [7, 11) is 2.11. The van der Waals surface area contributed by atoms with Crippen LogP contribution in [0.3, 0.4) is 0 Å². The van der Waals surface area contributed by atoms with E-state index in [1.54, 1.807) is 0 Å². The lowest BCUT2D eigenvalue weighted by atomic mass is 10.0. The van der Waals surface area contributed by atoms with Crippen LogP contribution in [-0.4, -0.2) is 54.6 Å². The van der Waals surface area contributed by atoms with Crippen LogP contribution in [0.25, 0.3) is 0 Å². The number of hydrogen-bond donors (Lipinski definition) is 0. The van der Waals surface area contributed by atoms with Gasteiger partial charge in [0.25, 0.3) is 0 Å². The number of carbonyl (C=O) groups is 1. The molecule has 0 atom stereocenters. The standard InChI is InChI=1S/C19H25N3O2/c1-21-11-5-9-17(13-21)18(14-22-12-6-10-19(22)23)20-24-15-16-7-3-2-4-8-16/h2-4,7-9H,5-6,10-15H2,1H3/b20-18-. The Bertz CT molecular complexity index is 625. The Kier molecular flexibility index (Phi) is 5.64. The fourth-order valence-electron chi connectivity index (χ4n) is 3.10. The summed E-state index contributed by atoms with van der Waals surface area (Å²) in [4.78, 5) is 21.7. The lowest BCUT2D eigenvalue weighted by Crippen LogP contribution is -2.36. The third-order valence-corrected chi connectivity index (χ3v) is 4.47. The van der Waals surface area contributed by atoms with Crippen LogP contribution in [0.2, 0.25) is 0 Å². The molecule has 0 unspecified atom stereocenters. The molecule has 1 saturated heterocycles. The van der Waals surface area contributed by atoms with Crippen molar-refractivity contribution in [2.75, 3.05) is 33.2 Å². The number of nitrogens with zero attached hydrogens (tertiary/aromatic N) is 3. The number of hydrogen-bond acceptors (Lipinski definition) is 4. The summed E-state index contributed by atoms with van der Waals surface area (Å²) in [5.41, 5.74) is 3.15. The highest BCUT2D eigenvalue weighted by atomic mass is 16.6. The van der Waals surface area contributed by atoms with Crippen LogP contribution >= 0.6 is 0 Å². The second-order valence-electron chi connectivity index (χ2n) is 6.47. The normalized spacial score (nSPS) is 19.5. The second-order valence-corrected chi connectivity index (χ2v) is 6.47. The number of oxime groups is 1. The van der Waals surface area contributed by atoms with Crippen LogP contribution in [0.15, 0.2) is 47.1 Å². The first-order valence-corrected chi connectivity index (χ1v) is 8.61. The van der Waals surface area contributed by atoms with E-state index in [9.17, 15) is 4.79 Å². The molecule has 3 rings (SSSR count). The SMILES string of the molecule is CN1CCC=C(/C(CN2CCCC2=O)=N\OCc2ccccc2)C1. The Labute approximate surface area is 143 Å². The molecule has 5 nitrogen and oxygen atoms in total. The van der Waals surface area contributed by atoms with Crippen molar-refractivity contribution in [1.29, 1.82) is 0 Å². The van der Waals surface area contributed by atoms with Crippen LogP contribution in [0.4, 0.5) is 0 Å². The van der Waals surface area contributed by atoms with Crippen LogP contribution in [0, 0.1) is 0 Å². The van der Waals surface area contributed by atoms with E-state index in [2.05, 4.69) is 23.2 Å². The molecule has 0 bridgehead atoms. The maximum Gasteiger partial charge on any atom is 0.222 e. The maximum atomic E-state index is 12.0. The van der Waals surface area contributed by atoms with E-state index in [1.807, 2.05) is 35.2 Å². The molecule has 128 valence electrons. The van der Waals surface area contributed by atoms with Gasteiger partial charge in [0.15, 0.2) is 0 Å². The minimum Gasteiger partial charge on any atom is -0.391 e. The third kappa shape index (κ3) is 4.45. The van der Waals surface area contributed by atoms with E-state index < -0.39 is 0 Å². The maximum absolute atomic E-state index is 12.0. The summed E-state index contributed by atoms with van der Waals surface area (Å²) in [6.45, 7) is 3.73. The molecule has 2 aliphatic heterocycles. The smallest absolute Gasteiger partial charge is 0.222 e. The molecule has 0 saturated carbocycles. The lowest BCUT2D eigenvalue weighted by Gasteiger charge is -2.25. The zero-order valence-corrected chi connectivity index (χ0v) is 14.3. The zero-order chi connectivity index (χ0) is 16.8. The topological polar surface area (TPSA) is 45.1 Å². The van der Waals surface area contributed by atoms with Crippen molar-refractivity contribution in [2.45, 2.75) is 25.9 Å². The lowest BCUT2D eigenvalue weighted by molar-refractivity contribution is -0.127. The molecular formula is C19H25N3O2. The molecule has 0 aliphatic carbocycles. The Hall–Kier alpha value is -2.14. The summed E-state index contributed by atoms with van der Waals surface area (Å²) >= 11 is 0. The summed E-state index contributed by atoms with van der Waals surface area (Å²) in [5, 5.41) is 4.40. The Morgan fingerprint density at radius 3 is 2.79 bits per heavy atom. The highest BCUT2D eigenvalue weighted by Gasteiger charge is 2.24. The molecule has 24 heavy (non-hydrogen) atoms. The molecule has 2 aliphatic rings. The van der Waals surface area contributed by atoms with Gasteiger partial charge in [-0.3, -0.25) is 4.79 Å². The number of amides is 1. The van der Waals surface area contributed by atoms with E-state index in [4.69, 9.17) is 4.84 Å². The molecule has 1 amide bonds. The molecular weight excluding hydrogens is 302 g/mol. The molecule has 1 aromatic carbocycles. The largest absolute Gasteiger partial charge is 0.391 e. The Morgan fingerprint density at radius 1 is 1.25 bits per heavy atom. The predicted molar refractivity (Wildman–Crippen MR) is 94.7 cm³/mol. The zero-order valence-electron chi connectivity index (χ0n) is 14.3. The molecule has 1 fully saturated rings. The monoisotopic (exact) mass is 327 g/mol. The van der Waals surface area contributed by atoms with Crippen molar-refractivity contribution in [3.63, 3.8) is 0 Å². The van der Waals surface area contributed by atoms with Gasteiger partial charge in [0.2, 0.25) is 5.91 Å². The van der Waals surface area contributed by atoms with Gasteiger partial charge in [-0.25, -0.2) is 0 Å².